The van der Waals surface area contributed by atoms with Crippen molar-refractivity contribution in [2.45, 2.75) is 146 Å². The molecule has 0 aromatic rings. The zero-order chi connectivity index (χ0) is 28.9. The highest BCUT2D eigenvalue weighted by Gasteiger charge is 2.45. The number of carbonyl (C=O) groups is 1. The summed E-state index contributed by atoms with van der Waals surface area (Å²) in [5, 5.41) is -0.452. The molecule has 4 aliphatic rings. The van der Waals surface area contributed by atoms with Crippen LogP contribution in [-0.4, -0.2) is 56.9 Å². The normalized spacial score (nSPS) is 38.0. The van der Waals surface area contributed by atoms with Crippen LogP contribution in [0.4, 0.5) is 0 Å². The molecule has 0 spiro atoms. The Morgan fingerprint density at radius 3 is 1.93 bits per heavy atom. The topological polar surface area (TPSA) is 78.9 Å². The SMILES string of the molecule is C=CC(=O)OCC1CC(C(C)(C)C2CCC(C)CC2)CCC1OC1CCC(S(=O)(=O)C2CCC(OC)CC2)CC1. The summed E-state index contributed by atoms with van der Waals surface area (Å²) in [5.41, 5.74) is 0.264. The number of ether oxygens (including phenoxy) is 3. The van der Waals surface area contributed by atoms with Gasteiger partial charge in [-0.05, 0) is 107 Å². The summed E-state index contributed by atoms with van der Waals surface area (Å²) < 4.78 is 44.6. The Morgan fingerprint density at radius 2 is 1.38 bits per heavy atom. The number of methoxy groups -OCH3 is 1. The van der Waals surface area contributed by atoms with Crippen molar-refractivity contribution in [3.05, 3.63) is 12.7 Å². The van der Waals surface area contributed by atoms with Gasteiger partial charge in [-0.3, -0.25) is 0 Å². The van der Waals surface area contributed by atoms with Gasteiger partial charge in [-0.25, -0.2) is 13.2 Å². The Bertz CT molecular complexity index is 921. The van der Waals surface area contributed by atoms with E-state index in [2.05, 4.69) is 27.4 Å². The van der Waals surface area contributed by atoms with Gasteiger partial charge in [0.1, 0.15) is 0 Å². The summed E-state index contributed by atoms with van der Waals surface area (Å²) in [6, 6.07) is 0. The van der Waals surface area contributed by atoms with Gasteiger partial charge in [0.15, 0.2) is 9.84 Å². The third-order valence-corrected chi connectivity index (χ3v) is 14.3. The third-order valence-electron chi connectivity index (χ3n) is 11.5. The molecule has 0 radical (unpaired) electrons. The lowest BCUT2D eigenvalue weighted by Gasteiger charge is -2.49. The van der Waals surface area contributed by atoms with Crippen molar-refractivity contribution in [3.8, 4) is 0 Å². The Hall–Kier alpha value is -0.920. The van der Waals surface area contributed by atoms with Crippen LogP contribution in [0.5, 0.6) is 0 Å². The van der Waals surface area contributed by atoms with Crippen molar-refractivity contribution in [2.75, 3.05) is 13.7 Å². The molecule has 0 bridgehead atoms. The average Bonchev–Trinajstić information content (AvgIpc) is 2.96. The molecule has 0 heterocycles. The summed E-state index contributed by atoms with van der Waals surface area (Å²) in [6.07, 6.45) is 16.1. The molecule has 0 amide bonds. The van der Waals surface area contributed by atoms with Gasteiger partial charge >= 0.3 is 5.97 Å². The molecule has 3 unspecified atom stereocenters. The Morgan fingerprint density at radius 1 is 0.825 bits per heavy atom. The minimum Gasteiger partial charge on any atom is -0.462 e. The first-order chi connectivity index (χ1) is 19.0. The van der Waals surface area contributed by atoms with Gasteiger partial charge in [0.2, 0.25) is 0 Å². The molecule has 4 rings (SSSR count). The molecule has 0 saturated heterocycles. The van der Waals surface area contributed by atoms with Crippen LogP contribution in [0.15, 0.2) is 12.7 Å². The monoisotopic (exact) mass is 580 g/mol. The van der Waals surface area contributed by atoms with Crippen LogP contribution in [-0.2, 0) is 28.8 Å². The van der Waals surface area contributed by atoms with E-state index in [0.717, 1.165) is 69.6 Å². The van der Waals surface area contributed by atoms with E-state index < -0.39 is 9.84 Å². The quantitative estimate of drug-likeness (QED) is 0.203. The highest BCUT2D eigenvalue weighted by molar-refractivity contribution is 7.92. The molecule has 0 aromatic heterocycles. The van der Waals surface area contributed by atoms with Gasteiger partial charge in [-0.2, -0.15) is 0 Å². The van der Waals surface area contributed by atoms with E-state index in [-0.39, 0.29) is 46.1 Å². The Labute approximate surface area is 244 Å². The molecular formula is C33H56O6S. The lowest BCUT2D eigenvalue weighted by Crippen LogP contribution is -2.44. The summed E-state index contributed by atoms with van der Waals surface area (Å²) in [6.45, 7) is 11.3. The maximum atomic E-state index is 13.4. The first kappa shape index (κ1) is 32.0. The molecule has 3 atom stereocenters. The zero-order valence-electron chi connectivity index (χ0n) is 25.7. The van der Waals surface area contributed by atoms with Crippen molar-refractivity contribution >= 4 is 15.8 Å². The van der Waals surface area contributed by atoms with Crippen molar-refractivity contribution in [1.82, 2.24) is 0 Å². The van der Waals surface area contributed by atoms with E-state index in [4.69, 9.17) is 14.2 Å². The van der Waals surface area contributed by atoms with E-state index in [9.17, 15) is 13.2 Å². The van der Waals surface area contributed by atoms with Gasteiger partial charge in [0.25, 0.3) is 0 Å². The molecule has 40 heavy (non-hydrogen) atoms. The van der Waals surface area contributed by atoms with E-state index in [1.165, 1.54) is 31.8 Å². The molecule has 230 valence electrons. The standard InChI is InChI=1S/C33H56O6S/c1-6-32(34)38-22-24-21-26(33(3,4)25-9-7-23(2)8-10-25)11-20-31(24)39-28-14-18-30(19-15-28)40(35,36)29-16-12-27(37-5)13-17-29/h6,23-31H,1,7-22H2,2-5H3. The minimum absolute atomic E-state index is 0.0542. The molecule has 0 N–H and O–H groups in total. The van der Waals surface area contributed by atoms with Crippen molar-refractivity contribution in [2.24, 2.45) is 29.1 Å². The predicted molar refractivity (Wildman–Crippen MR) is 160 cm³/mol. The van der Waals surface area contributed by atoms with Crippen LogP contribution in [0.1, 0.15) is 117 Å². The third kappa shape index (κ3) is 7.72. The Balaban J connectivity index is 1.33. The van der Waals surface area contributed by atoms with E-state index >= 15 is 0 Å². The fourth-order valence-corrected chi connectivity index (χ4v) is 10.9. The molecule has 0 aromatic carbocycles. The van der Waals surface area contributed by atoms with Crippen LogP contribution >= 0.6 is 0 Å². The molecule has 6 nitrogen and oxygen atoms in total. The number of rotatable bonds is 10. The summed E-state index contributed by atoms with van der Waals surface area (Å²) in [5.74, 6) is 1.99. The maximum absolute atomic E-state index is 13.4. The molecule has 7 heteroatoms. The van der Waals surface area contributed by atoms with Gasteiger partial charge in [-0.15, -0.1) is 0 Å². The summed E-state index contributed by atoms with van der Waals surface area (Å²) in [7, 11) is -1.40. The number of esters is 1. The van der Waals surface area contributed by atoms with Crippen LogP contribution in [0.3, 0.4) is 0 Å². The highest BCUT2D eigenvalue weighted by atomic mass is 32.2. The second-order valence-corrected chi connectivity index (χ2v) is 16.7. The summed E-state index contributed by atoms with van der Waals surface area (Å²) in [4.78, 5) is 12.0. The molecule has 4 aliphatic carbocycles. The average molecular weight is 581 g/mol. The lowest BCUT2D eigenvalue weighted by molar-refractivity contribution is -0.146. The first-order valence-corrected chi connectivity index (χ1v) is 17.9. The second kappa shape index (κ2) is 14.0. The van der Waals surface area contributed by atoms with Crippen LogP contribution < -0.4 is 0 Å². The highest BCUT2D eigenvalue weighted by Crippen LogP contribution is 2.50. The van der Waals surface area contributed by atoms with Crippen LogP contribution in [0, 0.1) is 29.1 Å². The van der Waals surface area contributed by atoms with Crippen LogP contribution in [0.25, 0.3) is 0 Å². The Kier molecular flexibility index (Phi) is 11.2. The minimum atomic E-state index is -3.12. The number of carbonyl (C=O) groups excluding carboxylic acids is 1. The van der Waals surface area contributed by atoms with Gasteiger partial charge in [0, 0.05) is 19.1 Å². The van der Waals surface area contributed by atoms with Gasteiger partial charge in [0.05, 0.1) is 35.4 Å². The molecular weight excluding hydrogens is 524 g/mol. The largest absolute Gasteiger partial charge is 0.462 e. The van der Waals surface area contributed by atoms with E-state index in [1.807, 2.05) is 0 Å². The molecule has 4 fully saturated rings. The second-order valence-electron chi connectivity index (χ2n) is 14.2. The molecule has 4 saturated carbocycles. The smallest absolute Gasteiger partial charge is 0.330 e. The van der Waals surface area contributed by atoms with Crippen molar-refractivity contribution in [3.63, 3.8) is 0 Å². The van der Waals surface area contributed by atoms with Crippen molar-refractivity contribution < 1.29 is 27.4 Å². The number of hydrogen-bond donors (Lipinski definition) is 0. The van der Waals surface area contributed by atoms with E-state index in [0.29, 0.717) is 25.4 Å². The first-order valence-electron chi connectivity index (χ1n) is 16.2. The number of hydrogen-bond acceptors (Lipinski definition) is 6. The predicted octanol–water partition coefficient (Wildman–Crippen LogP) is 7.05. The van der Waals surface area contributed by atoms with Crippen molar-refractivity contribution in [1.29, 1.82) is 0 Å². The number of sulfone groups is 1. The van der Waals surface area contributed by atoms with E-state index in [1.54, 1.807) is 7.11 Å². The fraction of sp³-hybridized carbons (Fsp3) is 0.909. The molecule has 0 aliphatic heterocycles. The van der Waals surface area contributed by atoms with Crippen LogP contribution in [0.2, 0.25) is 0 Å². The zero-order valence-corrected chi connectivity index (χ0v) is 26.5. The van der Waals surface area contributed by atoms with Gasteiger partial charge < -0.3 is 14.2 Å². The van der Waals surface area contributed by atoms with Gasteiger partial charge in [-0.1, -0.05) is 40.2 Å². The summed E-state index contributed by atoms with van der Waals surface area (Å²) >= 11 is 0. The maximum Gasteiger partial charge on any atom is 0.330 e. The lowest BCUT2D eigenvalue weighted by atomic mass is 9.58. The fourth-order valence-electron chi connectivity index (χ4n) is 8.46.